The SMILES string of the molecule is CC(C)N(CC(=O)O)C(=O)COCCN. The highest BCUT2D eigenvalue weighted by atomic mass is 16.5. The molecule has 0 aromatic carbocycles. The summed E-state index contributed by atoms with van der Waals surface area (Å²) in [5, 5.41) is 8.60. The van der Waals surface area contributed by atoms with Crippen molar-refractivity contribution in [1.29, 1.82) is 0 Å². The number of nitrogens with two attached hydrogens (primary N) is 1. The smallest absolute Gasteiger partial charge is 0.323 e. The second-order valence-corrected chi connectivity index (χ2v) is 3.35. The van der Waals surface area contributed by atoms with Gasteiger partial charge >= 0.3 is 5.97 Å². The van der Waals surface area contributed by atoms with Gasteiger partial charge in [0.2, 0.25) is 5.91 Å². The maximum atomic E-state index is 11.5. The molecule has 0 heterocycles. The quantitative estimate of drug-likeness (QED) is 0.550. The van der Waals surface area contributed by atoms with Crippen LogP contribution in [0.25, 0.3) is 0 Å². The number of carbonyl (C=O) groups excluding carboxylic acids is 1. The molecule has 15 heavy (non-hydrogen) atoms. The normalized spacial score (nSPS) is 10.4. The maximum Gasteiger partial charge on any atom is 0.323 e. The van der Waals surface area contributed by atoms with Crippen LogP contribution in [0.2, 0.25) is 0 Å². The molecule has 0 saturated heterocycles. The average Bonchev–Trinajstić information content (AvgIpc) is 2.13. The van der Waals surface area contributed by atoms with Gasteiger partial charge in [0.25, 0.3) is 0 Å². The highest BCUT2D eigenvalue weighted by molar-refractivity contribution is 5.82. The second-order valence-electron chi connectivity index (χ2n) is 3.35. The number of carbonyl (C=O) groups is 2. The van der Waals surface area contributed by atoms with Gasteiger partial charge in [0.1, 0.15) is 13.2 Å². The van der Waals surface area contributed by atoms with Gasteiger partial charge in [0, 0.05) is 12.6 Å². The van der Waals surface area contributed by atoms with E-state index < -0.39 is 5.97 Å². The minimum atomic E-state index is -1.03. The van der Waals surface area contributed by atoms with E-state index in [1.165, 1.54) is 4.90 Å². The summed E-state index contributed by atoms with van der Waals surface area (Å²) in [5.41, 5.74) is 5.19. The zero-order valence-electron chi connectivity index (χ0n) is 9.10. The predicted molar refractivity (Wildman–Crippen MR) is 54.4 cm³/mol. The highest BCUT2D eigenvalue weighted by Crippen LogP contribution is 1.99. The van der Waals surface area contributed by atoms with Crippen LogP contribution in [0.15, 0.2) is 0 Å². The summed E-state index contributed by atoms with van der Waals surface area (Å²) < 4.78 is 4.95. The third-order valence-electron chi connectivity index (χ3n) is 1.74. The molecule has 0 aliphatic rings. The lowest BCUT2D eigenvalue weighted by atomic mass is 10.3. The number of rotatable bonds is 7. The largest absolute Gasteiger partial charge is 0.480 e. The number of amides is 1. The fourth-order valence-corrected chi connectivity index (χ4v) is 1.03. The van der Waals surface area contributed by atoms with E-state index in [0.717, 1.165) is 0 Å². The van der Waals surface area contributed by atoms with E-state index in [0.29, 0.717) is 13.2 Å². The first-order chi connectivity index (χ1) is 6.99. The molecule has 0 aromatic heterocycles. The first-order valence-electron chi connectivity index (χ1n) is 4.78. The van der Waals surface area contributed by atoms with E-state index in [4.69, 9.17) is 15.6 Å². The van der Waals surface area contributed by atoms with Gasteiger partial charge in [-0.1, -0.05) is 0 Å². The van der Waals surface area contributed by atoms with Crippen molar-refractivity contribution in [3.8, 4) is 0 Å². The van der Waals surface area contributed by atoms with Gasteiger partial charge in [-0.15, -0.1) is 0 Å². The molecule has 0 rings (SSSR count). The molecule has 0 aliphatic heterocycles. The molecule has 0 spiro atoms. The molecule has 6 heteroatoms. The van der Waals surface area contributed by atoms with Gasteiger partial charge in [-0.05, 0) is 13.8 Å². The number of hydrogen-bond donors (Lipinski definition) is 2. The van der Waals surface area contributed by atoms with Crippen molar-refractivity contribution in [3.05, 3.63) is 0 Å². The Kier molecular flexibility index (Phi) is 6.64. The Balaban J connectivity index is 4.11. The molecule has 0 aromatic rings. The fourth-order valence-electron chi connectivity index (χ4n) is 1.03. The van der Waals surface area contributed by atoms with Crippen LogP contribution in [-0.2, 0) is 14.3 Å². The Morgan fingerprint density at radius 3 is 2.47 bits per heavy atom. The van der Waals surface area contributed by atoms with E-state index in [2.05, 4.69) is 0 Å². The first-order valence-corrected chi connectivity index (χ1v) is 4.78. The molecular weight excluding hydrogens is 200 g/mol. The summed E-state index contributed by atoms with van der Waals surface area (Å²) in [4.78, 5) is 23.2. The van der Waals surface area contributed by atoms with Crippen LogP contribution in [0, 0.1) is 0 Å². The zero-order valence-corrected chi connectivity index (χ0v) is 9.10. The maximum absolute atomic E-state index is 11.5. The fraction of sp³-hybridized carbons (Fsp3) is 0.778. The van der Waals surface area contributed by atoms with Crippen LogP contribution in [0.1, 0.15) is 13.8 Å². The molecule has 0 saturated carbocycles. The number of ether oxygens (including phenoxy) is 1. The van der Waals surface area contributed by atoms with Crippen molar-refractivity contribution in [3.63, 3.8) is 0 Å². The summed E-state index contributed by atoms with van der Waals surface area (Å²) in [6, 6.07) is -0.157. The van der Waals surface area contributed by atoms with Gasteiger partial charge < -0.3 is 20.5 Å². The van der Waals surface area contributed by atoms with Crippen LogP contribution < -0.4 is 5.73 Å². The summed E-state index contributed by atoms with van der Waals surface area (Å²) >= 11 is 0. The van der Waals surface area contributed by atoms with Crippen LogP contribution in [0.4, 0.5) is 0 Å². The minimum absolute atomic E-state index is 0.122. The third-order valence-corrected chi connectivity index (χ3v) is 1.74. The molecule has 1 amide bonds. The van der Waals surface area contributed by atoms with Crippen molar-refractivity contribution >= 4 is 11.9 Å². The lowest BCUT2D eigenvalue weighted by Crippen LogP contribution is -2.42. The van der Waals surface area contributed by atoms with Crippen LogP contribution in [-0.4, -0.2) is 54.2 Å². The van der Waals surface area contributed by atoms with Crippen molar-refractivity contribution in [2.75, 3.05) is 26.3 Å². The van der Waals surface area contributed by atoms with E-state index in [1.54, 1.807) is 13.8 Å². The van der Waals surface area contributed by atoms with Crippen LogP contribution in [0.3, 0.4) is 0 Å². The number of carboxylic acid groups (broad SMARTS) is 1. The highest BCUT2D eigenvalue weighted by Gasteiger charge is 2.19. The lowest BCUT2D eigenvalue weighted by molar-refractivity contribution is -0.147. The zero-order chi connectivity index (χ0) is 11.8. The second kappa shape index (κ2) is 7.19. The van der Waals surface area contributed by atoms with E-state index in [-0.39, 0.29) is 25.1 Å². The Morgan fingerprint density at radius 1 is 1.47 bits per heavy atom. The Labute approximate surface area is 89.0 Å². The molecule has 3 N–H and O–H groups in total. The van der Waals surface area contributed by atoms with E-state index >= 15 is 0 Å². The number of aliphatic carboxylic acids is 1. The molecule has 0 radical (unpaired) electrons. The third kappa shape index (κ3) is 6.03. The van der Waals surface area contributed by atoms with Gasteiger partial charge in [-0.3, -0.25) is 9.59 Å². The summed E-state index contributed by atoms with van der Waals surface area (Å²) in [5.74, 6) is -1.36. The van der Waals surface area contributed by atoms with Crippen LogP contribution >= 0.6 is 0 Å². The molecule has 6 nitrogen and oxygen atoms in total. The van der Waals surface area contributed by atoms with Crippen molar-refractivity contribution in [2.45, 2.75) is 19.9 Å². The van der Waals surface area contributed by atoms with E-state index in [9.17, 15) is 9.59 Å². The molecule has 0 atom stereocenters. The molecule has 88 valence electrons. The summed E-state index contributed by atoms with van der Waals surface area (Å²) in [6.45, 7) is 3.72. The number of carboxylic acids is 1. The first kappa shape index (κ1) is 13.9. The van der Waals surface area contributed by atoms with Crippen molar-refractivity contribution in [2.24, 2.45) is 5.73 Å². The minimum Gasteiger partial charge on any atom is -0.480 e. The van der Waals surface area contributed by atoms with Gasteiger partial charge in [-0.25, -0.2) is 0 Å². The lowest BCUT2D eigenvalue weighted by Gasteiger charge is -2.24. The Bertz CT molecular complexity index is 218. The van der Waals surface area contributed by atoms with Crippen LogP contribution in [0.5, 0.6) is 0 Å². The van der Waals surface area contributed by atoms with Gasteiger partial charge in [0.15, 0.2) is 0 Å². The van der Waals surface area contributed by atoms with Gasteiger partial charge in [0.05, 0.1) is 6.61 Å². The standard InChI is InChI=1S/C9H18N2O4/c1-7(2)11(5-9(13)14)8(12)6-15-4-3-10/h7H,3-6,10H2,1-2H3,(H,13,14). The molecule has 0 fully saturated rings. The predicted octanol–water partition coefficient (Wildman–Crippen LogP) is -0.717. The topological polar surface area (TPSA) is 92.9 Å². The summed E-state index contributed by atoms with van der Waals surface area (Å²) in [6.07, 6.45) is 0. The Hall–Kier alpha value is -1.14. The van der Waals surface area contributed by atoms with Crippen molar-refractivity contribution < 1.29 is 19.4 Å². The number of hydrogen-bond acceptors (Lipinski definition) is 4. The molecule has 0 bridgehead atoms. The monoisotopic (exact) mass is 218 g/mol. The summed E-state index contributed by atoms with van der Waals surface area (Å²) in [7, 11) is 0. The van der Waals surface area contributed by atoms with E-state index in [1.807, 2.05) is 0 Å². The van der Waals surface area contributed by atoms with Crippen molar-refractivity contribution in [1.82, 2.24) is 4.90 Å². The van der Waals surface area contributed by atoms with Gasteiger partial charge in [-0.2, -0.15) is 0 Å². The molecule has 0 aliphatic carbocycles. The average molecular weight is 218 g/mol. The molecule has 0 unspecified atom stereocenters. The number of nitrogens with zero attached hydrogens (tertiary/aromatic N) is 1. The molecular formula is C9H18N2O4. The Morgan fingerprint density at radius 2 is 2.07 bits per heavy atom.